The number of carbonyl (C=O) groups excluding carboxylic acids is 1. The Hall–Kier alpha value is -0.650. The Morgan fingerprint density at radius 2 is 2.20 bits per heavy atom. The zero-order valence-corrected chi connectivity index (χ0v) is 9.27. The van der Waals surface area contributed by atoms with E-state index in [1.807, 2.05) is 6.92 Å². The van der Waals surface area contributed by atoms with Gasteiger partial charge < -0.3 is 20.9 Å². The molecule has 0 aliphatic carbocycles. The number of nitrogens with one attached hydrogen (secondary N) is 1. The molecule has 1 amide bonds. The first kappa shape index (κ1) is 12.4. The minimum absolute atomic E-state index is 0.00694. The summed E-state index contributed by atoms with van der Waals surface area (Å²) in [4.78, 5) is 11.2. The first-order chi connectivity index (χ1) is 7.00. The Bertz CT molecular complexity index is 213. The molecule has 1 heterocycles. The molecule has 15 heavy (non-hydrogen) atoms. The molecule has 0 aromatic rings. The van der Waals surface area contributed by atoms with E-state index in [4.69, 9.17) is 15.6 Å². The summed E-state index contributed by atoms with van der Waals surface area (Å²) in [6.45, 7) is 3.86. The fourth-order valence-corrected chi connectivity index (χ4v) is 1.62. The molecular formula is C10H20N2O3. The Morgan fingerprint density at radius 1 is 1.53 bits per heavy atom. The van der Waals surface area contributed by atoms with Gasteiger partial charge in [-0.05, 0) is 26.7 Å². The maximum Gasteiger partial charge on any atom is 0.248 e. The number of nitrogens with two attached hydrogens (primary N) is 1. The smallest absolute Gasteiger partial charge is 0.248 e. The molecule has 0 saturated carbocycles. The number of ether oxygens (including phenoxy) is 1. The van der Waals surface area contributed by atoms with Crippen LogP contribution in [-0.2, 0) is 9.53 Å². The molecule has 0 aromatic carbocycles. The summed E-state index contributed by atoms with van der Waals surface area (Å²) >= 11 is 0. The molecule has 0 radical (unpaired) electrons. The third-order valence-corrected chi connectivity index (χ3v) is 2.65. The number of rotatable bonds is 3. The molecule has 4 atom stereocenters. The summed E-state index contributed by atoms with van der Waals surface area (Å²) in [6, 6.07) is 0.0283. The summed E-state index contributed by atoms with van der Waals surface area (Å²) in [5.41, 5.74) is 5.69. The molecule has 1 fully saturated rings. The van der Waals surface area contributed by atoms with Crippen LogP contribution in [0.3, 0.4) is 0 Å². The van der Waals surface area contributed by atoms with Gasteiger partial charge in [0.1, 0.15) is 6.10 Å². The molecular weight excluding hydrogens is 196 g/mol. The van der Waals surface area contributed by atoms with Crippen LogP contribution in [-0.4, -0.2) is 41.9 Å². The summed E-state index contributed by atoms with van der Waals surface area (Å²) in [5, 5.41) is 11.7. The highest BCUT2D eigenvalue weighted by Gasteiger charge is 2.25. The number of amides is 1. The molecule has 0 spiro atoms. The van der Waals surface area contributed by atoms with Crippen LogP contribution in [0.2, 0.25) is 0 Å². The molecule has 5 nitrogen and oxygen atoms in total. The number of aliphatic hydroxyl groups is 1. The Morgan fingerprint density at radius 3 is 2.67 bits per heavy atom. The Kier molecular flexibility index (Phi) is 4.50. The first-order valence-corrected chi connectivity index (χ1v) is 5.36. The van der Waals surface area contributed by atoms with Crippen LogP contribution in [0.4, 0.5) is 0 Å². The van der Waals surface area contributed by atoms with E-state index in [1.165, 1.54) is 6.92 Å². The maximum atomic E-state index is 11.2. The van der Waals surface area contributed by atoms with Crippen molar-refractivity contribution in [1.29, 1.82) is 0 Å². The molecule has 0 unspecified atom stereocenters. The van der Waals surface area contributed by atoms with Crippen molar-refractivity contribution in [3.8, 4) is 0 Å². The average molecular weight is 216 g/mol. The minimum atomic E-state index is -0.974. The van der Waals surface area contributed by atoms with Crippen molar-refractivity contribution in [1.82, 2.24) is 5.32 Å². The SMILES string of the molecule is C[C@H](O)C(=O)N[C@@H](C)[C@@H]1CC[C@@H](N)CO1. The van der Waals surface area contributed by atoms with Gasteiger partial charge in [0, 0.05) is 6.04 Å². The standard InChI is InChI=1S/C10H20N2O3/c1-6(12-10(14)7(2)13)9-4-3-8(11)5-15-9/h6-9,13H,3-5,11H2,1-2H3,(H,12,14)/t6-,7-,8+,9-/m0/s1. The van der Waals surface area contributed by atoms with E-state index in [0.29, 0.717) is 6.61 Å². The van der Waals surface area contributed by atoms with E-state index < -0.39 is 6.10 Å². The summed E-state index contributed by atoms with van der Waals surface area (Å²) in [5.74, 6) is -0.360. The monoisotopic (exact) mass is 216 g/mol. The van der Waals surface area contributed by atoms with Crippen molar-refractivity contribution in [3.05, 3.63) is 0 Å². The number of hydrogen-bond donors (Lipinski definition) is 3. The third kappa shape index (κ3) is 3.77. The first-order valence-electron chi connectivity index (χ1n) is 5.36. The van der Waals surface area contributed by atoms with Gasteiger partial charge in [0.25, 0.3) is 0 Å². The zero-order chi connectivity index (χ0) is 11.4. The van der Waals surface area contributed by atoms with E-state index in [-0.39, 0.29) is 24.1 Å². The van der Waals surface area contributed by atoms with Crippen LogP contribution < -0.4 is 11.1 Å². The van der Waals surface area contributed by atoms with E-state index >= 15 is 0 Å². The molecule has 0 aromatic heterocycles. The molecule has 1 saturated heterocycles. The van der Waals surface area contributed by atoms with Gasteiger partial charge in [-0.1, -0.05) is 0 Å². The second kappa shape index (κ2) is 5.44. The fourth-order valence-electron chi connectivity index (χ4n) is 1.62. The minimum Gasteiger partial charge on any atom is -0.384 e. The van der Waals surface area contributed by atoms with Gasteiger partial charge in [-0.2, -0.15) is 0 Å². The Balaban J connectivity index is 2.34. The van der Waals surface area contributed by atoms with Gasteiger partial charge in [-0.25, -0.2) is 0 Å². The van der Waals surface area contributed by atoms with Gasteiger partial charge in [0.15, 0.2) is 0 Å². The van der Waals surface area contributed by atoms with Gasteiger partial charge in [0.05, 0.1) is 18.8 Å². The third-order valence-electron chi connectivity index (χ3n) is 2.65. The van der Waals surface area contributed by atoms with Crippen LogP contribution in [0.5, 0.6) is 0 Å². The van der Waals surface area contributed by atoms with Crippen LogP contribution in [0.15, 0.2) is 0 Å². The lowest BCUT2D eigenvalue weighted by Crippen LogP contribution is -2.49. The van der Waals surface area contributed by atoms with Crippen LogP contribution in [0.1, 0.15) is 26.7 Å². The Labute approximate surface area is 90.0 Å². The molecule has 5 heteroatoms. The highest BCUT2D eigenvalue weighted by Crippen LogP contribution is 2.15. The molecule has 4 N–H and O–H groups in total. The van der Waals surface area contributed by atoms with Gasteiger partial charge >= 0.3 is 0 Å². The second-order valence-corrected chi connectivity index (χ2v) is 4.18. The summed E-state index contributed by atoms with van der Waals surface area (Å²) in [6.07, 6.45) is 0.799. The molecule has 88 valence electrons. The van der Waals surface area contributed by atoms with Gasteiger partial charge in [0.2, 0.25) is 5.91 Å². The van der Waals surface area contributed by atoms with Crippen LogP contribution in [0, 0.1) is 0 Å². The van der Waals surface area contributed by atoms with Crippen molar-refractivity contribution in [2.45, 2.75) is 51.0 Å². The van der Waals surface area contributed by atoms with Crippen LogP contribution >= 0.6 is 0 Å². The van der Waals surface area contributed by atoms with E-state index in [1.54, 1.807) is 0 Å². The second-order valence-electron chi connectivity index (χ2n) is 4.18. The highest BCUT2D eigenvalue weighted by molar-refractivity contribution is 5.80. The average Bonchev–Trinajstić information content (AvgIpc) is 2.18. The number of aliphatic hydroxyl groups excluding tert-OH is 1. The summed E-state index contributed by atoms with van der Waals surface area (Å²) in [7, 11) is 0. The van der Waals surface area contributed by atoms with Crippen molar-refractivity contribution >= 4 is 5.91 Å². The highest BCUT2D eigenvalue weighted by atomic mass is 16.5. The van der Waals surface area contributed by atoms with Gasteiger partial charge in [-0.3, -0.25) is 4.79 Å². The van der Waals surface area contributed by atoms with Crippen molar-refractivity contribution in [2.75, 3.05) is 6.61 Å². The lowest BCUT2D eigenvalue weighted by Gasteiger charge is -2.31. The number of hydrogen-bond acceptors (Lipinski definition) is 4. The van der Waals surface area contributed by atoms with E-state index in [9.17, 15) is 4.79 Å². The topological polar surface area (TPSA) is 84.6 Å². The lowest BCUT2D eigenvalue weighted by atomic mass is 10.0. The molecule has 0 bridgehead atoms. The van der Waals surface area contributed by atoms with Crippen molar-refractivity contribution < 1.29 is 14.6 Å². The zero-order valence-electron chi connectivity index (χ0n) is 9.27. The largest absolute Gasteiger partial charge is 0.384 e. The molecule has 1 aliphatic heterocycles. The molecule has 1 rings (SSSR count). The predicted molar refractivity (Wildman–Crippen MR) is 56.2 cm³/mol. The van der Waals surface area contributed by atoms with Crippen LogP contribution in [0.25, 0.3) is 0 Å². The normalized spacial score (nSPS) is 30.7. The maximum absolute atomic E-state index is 11.2. The number of carbonyl (C=O) groups is 1. The lowest BCUT2D eigenvalue weighted by molar-refractivity contribution is -0.130. The molecule has 1 aliphatic rings. The summed E-state index contributed by atoms with van der Waals surface area (Å²) < 4.78 is 5.51. The predicted octanol–water partition coefficient (Wildman–Crippen LogP) is -0.622. The fraction of sp³-hybridized carbons (Fsp3) is 0.900. The van der Waals surface area contributed by atoms with E-state index in [2.05, 4.69) is 5.32 Å². The van der Waals surface area contributed by atoms with E-state index in [0.717, 1.165) is 12.8 Å². The quantitative estimate of drug-likeness (QED) is 0.587. The van der Waals surface area contributed by atoms with Gasteiger partial charge in [-0.15, -0.1) is 0 Å². The van der Waals surface area contributed by atoms with Crippen molar-refractivity contribution in [3.63, 3.8) is 0 Å². The van der Waals surface area contributed by atoms with Crippen molar-refractivity contribution in [2.24, 2.45) is 5.73 Å².